The predicted octanol–water partition coefficient (Wildman–Crippen LogP) is 2.83. The molecule has 1 unspecified atom stereocenters. The molecule has 1 N–H and O–H groups in total. The summed E-state index contributed by atoms with van der Waals surface area (Å²) in [4.78, 5) is 25.3. The maximum absolute atomic E-state index is 12.3. The minimum atomic E-state index is -0.161. The number of amides is 1. The van der Waals surface area contributed by atoms with Crippen LogP contribution in [0.5, 0.6) is 0 Å². The summed E-state index contributed by atoms with van der Waals surface area (Å²) in [5.74, 6) is 0.857. The van der Waals surface area contributed by atoms with Gasteiger partial charge in [-0.3, -0.25) is 9.78 Å². The van der Waals surface area contributed by atoms with Crippen LogP contribution in [0.4, 0.5) is 5.82 Å². The van der Waals surface area contributed by atoms with Gasteiger partial charge in [0.25, 0.3) is 0 Å². The lowest BCUT2D eigenvalue weighted by molar-refractivity contribution is -0.134. The predicted molar refractivity (Wildman–Crippen MR) is 124 cm³/mol. The summed E-state index contributed by atoms with van der Waals surface area (Å²) in [7, 11) is 0. The quantitative estimate of drug-likeness (QED) is 0.731. The molecule has 2 aliphatic rings. The molecule has 0 radical (unpaired) electrons. The lowest BCUT2D eigenvalue weighted by Gasteiger charge is -2.41. The molecule has 2 aromatic rings. The van der Waals surface area contributed by atoms with E-state index in [9.17, 15) is 15.3 Å². The summed E-state index contributed by atoms with van der Waals surface area (Å²) in [6.45, 7) is 7.21. The fraction of sp³-hybridized carbons (Fsp3) is 0.400. The molecule has 1 saturated heterocycles. The number of aliphatic hydroxyl groups excluding tert-OH is 1. The van der Waals surface area contributed by atoms with Gasteiger partial charge in [0.15, 0.2) is 0 Å². The van der Waals surface area contributed by atoms with Gasteiger partial charge in [0.2, 0.25) is 5.91 Å². The van der Waals surface area contributed by atoms with Crippen LogP contribution < -0.4 is 4.90 Å². The molecular formula is C25H26N6O2. The molecule has 2 fully saturated rings. The molecule has 3 heterocycles. The van der Waals surface area contributed by atoms with E-state index < -0.39 is 0 Å². The van der Waals surface area contributed by atoms with Crippen LogP contribution in [-0.2, 0) is 4.79 Å². The Morgan fingerprint density at radius 1 is 1.24 bits per heavy atom. The number of pyridine rings is 2. The first kappa shape index (κ1) is 22.4. The minimum absolute atomic E-state index is 0.0595. The Balaban J connectivity index is 1.74. The Hall–Kier alpha value is -3.75. The number of hydrogen-bond acceptors (Lipinski definition) is 7. The van der Waals surface area contributed by atoms with Crippen LogP contribution in [0.25, 0.3) is 17.2 Å². The second-order valence-electron chi connectivity index (χ2n) is 8.50. The summed E-state index contributed by atoms with van der Waals surface area (Å²) in [6.07, 6.45) is 5.33. The molecule has 33 heavy (non-hydrogen) atoms. The first-order valence-corrected chi connectivity index (χ1v) is 11.1. The number of aromatic nitrogens is 2. The average Bonchev–Trinajstić information content (AvgIpc) is 3.68. The van der Waals surface area contributed by atoms with E-state index in [1.165, 1.54) is 6.20 Å². The monoisotopic (exact) mass is 442 g/mol. The van der Waals surface area contributed by atoms with Gasteiger partial charge in [-0.1, -0.05) is 6.58 Å². The van der Waals surface area contributed by atoms with Gasteiger partial charge >= 0.3 is 0 Å². The van der Waals surface area contributed by atoms with Crippen LogP contribution in [-0.4, -0.2) is 58.2 Å². The van der Waals surface area contributed by atoms with E-state index in [0.717, 1.165) is 24.1 Å². The van der Waals surface area contributed by atoms with Crippen molar-refractivity contribution in [1.82, 2.24) is 14.9 Å². The van der Waals surface area contributed by atoms with Gasteiger partial charge in [-0.2, -0.15) is 10.5 Å². The Morgan fingerprint density at radius 2 is 2.00 bits per heavy atom. The van der Waals surface area contributed by atoms with E-state index in [2.05, 4.69) is 28.6 Å². The number of rotatable bonds is 6. The Labute approximate surface area is 193 Å². The van der Waals surface area contributed by atoms with Gasteiger partial charge in [-0.05, 0) is 38.0 Å². The standard InChI is InChI=1S/C25H26N6O2/c1-3-20-11-21(19(13-27)14-28-20)22-10-18(12-26)25(29-24(22)17-4-5-17)30-7-8-31(16(2)15-30)23(33)6-9-32/h3,10-11,14,16-17,32H,1,4-9,15H2,2H3. The first-order valence-electron chi connectivity index (χ1n) is 11.1. The number of carbonyl (C=O) groups is 1. The lowest BCUT2D eigenvalue weighted by atomic mass is 9.96. The van der Waals surface area contributed by atoms with Crippen molar-refractivity contribution in [3.8, 4) is 23.3 Å². The fourth-order valence-electron chi connectivity index (χ4n) is 4.38. The highest BCUT2D eigenvalue weighted by atomic mass is 16.3. The smallest absolute Gasteiger partial charge is 0.225 e. The molecule has 1 aliphatic carbocycles. The zero-order valence-corrected chi connectivity index (χ0v) is 18.7. The molecule has 1 saturated carbocycles. The zero-order valence-electron chi connectivity index (χ0n) is 18.7. The van der Waals surface area contributed by atoms with Gasteiger partial charge < -0.3 is 14.9 Å². The topological polar surface area (TPSA) is 117 Å². The molecule has 4 rings (SSSR count). The average molecular weight is 443 g/mol. The maximum Gasteiger partial charge on any atom is 0.225 e. The van der Waals surface area contributed by atoms with Gasteiger partial charge in [0.05, 0.1) is 29.1 Å². The number of carbonyl (C=O) groups excluding carboxylic acids is 1. The highest BCUT2D eigenvalue weighted by Crippen LogP contribution is 2.45. The Bertz CT molecular complexity index is 1170. The Morgan fingerprint density at radius 3 is 2.61 bits per heavy atom. The molecule has 1 aliphatic heterocycles. The van der Waals surface area contributed by atoms with Gasteiger partial charge in [0, 0.05) is 55.3 Å². The molecule has 1 atom stereocenters. The molecule has 8 nitrogen and oxygen atoms in total. The summed E-state index contributed by atoms with van der Waals surface area (Å²) in [6, 6.07) is 8.10. The molecule has 168 valence electrons. The third kappa shape index (κ3) is 4.44. The van der Waals surface area contributed by atoms with E-state index in [1.807, 2.05) is 19.1 Å². The summed E-state index contributed by atoms with van der Waals surface area (Å²) < 4.78 is 0. The minimum Gasteiger partial charge on any atom is -0.396 e. The van der Waals surface area contributed by atoms with Crippen molar-refractivity contribution in [2.24, 2.45) is 0 Å². The normalized spacial score (nSPS) is 17.9. The third-order valence-electron chi connectivity index (χ3n) is 6.23. The van der Waals surface area contributed by atoms with Crippen LogP contribution in [0.2, 0.25) is 0 Å². The number of nitrogens with zero attached hydrogens (tertiary/aromatic N) is 6. The van der Waals surface area contributed by atoms with E-state index in [4.69, 9.17) is 10.1 Å². The van der Waals surface area contributed by atoms with E-state index in [-0.39, 0.29) is 25.0 Å². The maximum atomic E-state index is 12.3. The van der Waals surface area contributed by atoms with Gasteiger partial charge in [-0.25, -0.2) is 4.98 Å². The van der Waals surface area contributed by atoms with E-state index in [1.54, 1.807) is 11.0 Å². The Kier molecular flexibility index (Phi) is 6.39. The van der Waals surface area contributed by atoms with Crippen LogP contribution in [0.15, 0.2) is 24.9 Å². The van der Waals surface area contributed by atoms with Crippen molar-refractivity contribution >= 4 is 17.8 Å². The molecule has 8 heteroatoms. The van der Waals surface area contributed by atoms with E-state index >= 15 is 0 Å². The van der Waals surface area contributed by atoms with Crippen LogP contribution in [0.3, 0.4) is 0 Å². The fourth-order valence-corrected chi connectivity index (χ4v) is 4.38. The third-order valence-corrected chi connectivity index (χ3v) is 6.23. The van der Waals surface area contributed by atoms with Crippen molar-refractivity contribution in [1.29, 1.82) is 10.5 Å². The number of nitriles is 2. The van der Waals surface area contributed by atoms with Gasteiger partial charge in [0.1, 0.15) is 18.0 Å². The molecular weight excluding hydrogens is 416 g/mol. The number of hydrogen-bond donors (Lipinski definition) is 1. The van der Waals surface area contributed by atoms with Crippen molar-refractivity contribution in [3.05, 3.63) is 47.4 Å². The van der Waals surface area contributed by atoms with Crippen molar-refractivity contribution in [2.45, 2.75) is 38.1 Å². The van der Waals surface area contributed by atoms with E-state index in [0.29, 0.717) is 53.8 Å². The zero-order chi connectivity index (χ0) is 23.5. The summed E-state index contributed by atoms with van der Waals surface area (Å²) >= 11 is 0. The molecule has 0 bridgehead atoms. The second kappa shape index (κ2) is 9.40. The van der Waals surface area contributed by atoms with Crippen molar-refractivity contribution in [3.63, 3.8) is 0 Å². The van der Waals surface area contributed by atoms with Crippen molar-refractivity contribution in [2.75, 3.05) is 31.1 Å². The summed E-state index contributed by atoms with van der Waals surface area (Å²) in [5.41, 5.74) is 3.94. The highest BCUT2D eigenvalue weighted by molar-refractivity contribution is 5.79. The number of piperazine rings is 1. The largest absolute Gasteiger partial charge is 0.396 e. The number of anilines is 1. The molecule has 0 spiro atoms. The van der Waals surface area contributed by atoms with Gasteiger partial charge in [-0.15, -0.1) is 0 Å². The molecule has 0 aromatic carbocycles. The van der Waals surface area contributed by atoms with Crippen LogP contribution in [0, 0.1) is 22.7 Å². The SMILES string of the molecule is C=Cc1cc(-c2cc(C#N)c(N3CCN(C(=O)CCO)C(C)C3)nc2C2CC2)c(C#N)cn1. The molecule has 1 amide bonds. The first-order chi connectivity index (χ1) is 16.0. The number of aliphatic hydroxyl groups is 1. The summed E-state index contributed by atoms with van der Waals surface area (Å²) in [5, 5.41) is 28.7. The molecule has 2 aromatic heterocycles. The second-order valence-corrected chi connectivity index (χ2v) is 8.50. The van der Waals surface area contributed by atoms with Crippen LogP contribution >= 0.6 is 0 Å². The van der Waals surface area contributed by atoms with Crippen molar-refractivity contribution < 1.29 is 9.90 Å². The lowest BCUT2D eigenvalue weighted by Crippen LogP contribution is -2.54. The van der Waals surface area contributed by atoms with Crippen LogP contribution in [0.1, 0.15) is 54.6 Å². The highest BCUT2D eigenvalue weighted by Gasteiger charge is 2.33.